The molecule has 6 N–H and O–H groups in total. The molecule has 10 heteroatoms. The zero-order valence-electron chi connectivity index (χ0n) is 31.7. The highest BCUT2D eigenvalue weighted by atomic mass is 17.1. The van der Waals surface area contributed by atoms with E-state index in [9.17, 15) is 14.4 Å². The Balaban J connectivity index is 0.000000247. The third-order valence-corrected chi connectivity index (χ3v) is 9.31. The van der Waals surface area contributed by atoms with Gasteiger partial charge in [-0.05, 0) is 86.2 Å². The molecule has 0 aliphatic heterocycles. The zero-order chi connectivity index (χ0) is 39.4. The van der Waals surface area contributed by atoms with Crippen molar-refractivity contribution in [3.63, 3.8) is 0 Å². The van der Waals surface area contributed by atoms with Gasteiger partial charge in [-0.2, -0.15) is 0 Å². The summed E-state index contributed by atoms with van der Waals surface area (Å²) >= 11 is 0. The smallest absolute Gasteiger partial charge is 0.330 e. The minimum atomic E-state index is -0.607. The number of fused-ring (bicyclic) bond motifs is 4. The Kier molecular flexibility index (Phi) is 19.1. The van der Waals surface area contributed by atoms with Crippen LogP contribution >= 0.6 is 0 Å². The number of nitrogens with one attached hydrogen (secondary N) is 1. The van der Waals surface area contributed by atoms with Gasteiger partial charge < -0.3 is 25.6 Å². The van der Waals surface area contributed by atoms with Crippen molar-refractivity contribution in [1.29, 1.82) is 5.40 Å². The van der Waals surface area contributed by atoms with Gasteiger partial charge >= 0.3 is 17.9 Å². The second kappa shape index (κ2) is 25.0. The van der Waals surface area contributed by atoms with Gasteiger partial charge in [-0.1, -0.05) is 116 Å². The molecule has 0 aromatic heterocycles. The van der Waals surface area contributed by atoms with Crippen LogP contribution in [-0.4, -0.2) is 34.7 Å². The number of ether oxygens (including phenoxy) is 2. The largest absolute Gasteiger partial charge is 0.481 e. The molecule has 0 saturated heterocycles. The molecule has 6 atom stereocenters. The topological polar surface area (TPSA) is 178 Å². The van der Waals surface area contributed by atoms with E-state index in [0.29, 0.717) is 43.3 Å². The van der Waals surface area contributed by atoms with Crippen LogP contribution in [0.2, 0.25) is 2.82 Å². The minimum absolute atomic E-state index is 0.0158. The van der Waals surface area contributed by atoms with Gasteiger partial charge in [0.25, 0.3) is 0 Å². The quantitative estimate of drug-likeness (QED) is 0.0394. The molecular weight excluding hydrogens is 660 g/mol. The Morgan fingerprint density at radius 3 is 1.60 bits per heavy atom. The van der Waals surface area contributed by atoms with Crippen molar-refractivity contribution in [2.45, 2.75) is 64.6 Å². The standard InChI is InChI=1S/C16H18O2.C10H10O2.C9H12O2.C6H8.CH3NO2.H3N/c17-16(18-11-13-4-2-1-3-5-13)15-10-12-6-8-14(15)9-7-12;1-2-10(11)12-8-9-6-4-3-5-7-9;10-9(11)8-5-6-1-3-7(8)4-2-6;1-2-4-6-5-3-1;2-1-4-3;/h1-6,8,12,14-15H,7,9-11H2;2-7H,1,8H2;1,3,6-8H,2,4-5H2,(H,10,11);1-4H,5-6H2;1-3H;1H3/i/hD2. The number of hydrogen-bond acceptors (Lipinski definition) is 9. The van der Waals surface area contributed by atoms with Crippen LogP contribution in [0, 0.1) is 40.9 Å². The van der Waals surface area contributed by atoms with E-state index in [1.807, 2.05) is 60.7 Å². The summed E-state index contributed by atoms with van der Waals surface area (Å²) in [5.74, 6) is 0.901. The molecule has 7 aliphatic rings. The van der Waals surface area contributed by atoms with Crippen LogP contribution in [0.4, 0.5) is 0 Å². The van der Waals surface area contributed by atoms with Crippen LogP contribution in [-0.2, 0) is 42.0 Å². The summed E-state index contributed by atoms with van der Waals surface area (Å²) in [4.78, 5) is 36.7. The Bertz CT molecular complexity index is 1520. The Morgan fingerprint density at radius 1 is 0.788 bits per heavy atom. The molecule has 9 rings (SSSR count). The summed E-state index contributed by atoms with van der Waals surface area (Å²) < 4.78 is 21.4. The van der Waals surface area contributed by atoms with Crippen molar-refractivity contribution in [3.05, 3.63) is 133 Å². The number of rotatable bonds is 8. The van der Waals surface area contributed by atoms with Gasteiger partial charge in [-0.3, -0.25) is 15.0 Å². The van der Waals surface area contributed by atoms with Gasteiger partial charge in [0.15, 0.2) is 1.41 Å². The number of esters is 2. The highest BCUT2D eigenvalue weighted by Gasteiger charge is 2.37. The fourth-order valence-electron chi connectivity index (χ4n) is 6.58. The number of hydrogen-bond donors (Lipinski definition) is 4. The molecule has 2 fully saturated rings. The molecule has 7 aliphatic carbocycles. The van der Waals surface area contributed by atoms with Gasteiger partial charge in [0.05, 0.1) is 11.8 Å². The first kappa shape index (κ1) is 39.7. The lowest BCUT2D eigenvalue weighted by atomic mass is 9.69. The second-order valence-corrected chi connectivity index (χ2v) is 12.8. The maximum atomic E-state index is 12.1. The average molecular weight is 717 g/mol. The summed E-state index contributed by atoms with van der Waals surface area (Å²) in [6.07, 6.45) is 31.8. The van der Waals surface area contributed by atoms with Crippen LogP contribution < -0.4 is 6.14 Å². The normalized spacial score (nSPS) is 24.0. The first-order valence-corrected chi connectivity index (χ1v) is 17.5. The predicted octanol–water partition coefficient (Wildman–Crippen LogP) is 9.06. The number of aliphatic carboxylic acids is 1. The summed E-state index contributed by atoms with van der Waals surface area (Å²) in [6.45, 7) is 4.01. The number of benzene rings is 2. The van der Waals surface area contributed by atoms with Gasteiger partial charge in [0.1, 0.15) is 14.6 Å². The van der Waals surface area contributed by atoms with Crippen LogP contribution in [0.1, 0.15) is 62.5 Å². The molecule has 280 valence electrons. The summed E-state index contributed by atoms with van der Waals surface area (Å²) in [5, 5.41) is 18.6. The number of carbonyl (C=O) groups excluding carboxylic acids is 2. The molecule has 0 amide bonds. The molecule has 10 nitrogen and oxygen atoms in total. The van der Waals surface area contributed by atoms with Crippen molar-refractivity contribution in [2.75, 3.05) is 0 Å². The Morgan fingerprint density at radius 2 is 1.29 bits per heavy atom. The van der Waals surface area contributed by atoms with Crippen molar-refractivity contribution < 1.29 is 41.9 Å². The van der Waals surface area contributed by atoms with Gasteiger partial charge in [0, 0.05) is 6.08 Å². The van der Waals surface area contributed by atoms with E-state index in [4.69, 9.17) is 22.7 Å². The van der Waals surface area contributed by atoms with Crippen molar-refractivity contribution in [1.82, 2.24) is 6.14 Å². The molecule has 4 bridgehead atoms. The minimum Gasteiger partial charge on any atom is -0.481 e. The Hall–Kier alpha value is -5.06. The maximum absolute atomic E-state index is 12.1. The van der Waals surface area contributed by atoms with E-state index >= 15 is 0 Å². The molecule has 2 aromatic carbocycles. The highest BCUT2D eigenvalue weighted by Crippen LogP contribution is 2.41. The van der Waals surface area contributed by atoms with Crippen molar-refractivity contribution in [2.24, 2.45) is 35.5 Å². The lowest BCUT2D eigenvalue weighted by Gasteiger charge is -2.36. The molecule has 52 heavy (non-hydrogen) atoms. The average Bonchev–Trinajstić information content (AvgIpc) is 3.26. The lowest BCUT2D eigenvalue weighted by molar-refractivity contribution is -0.153. The van der Waals surface area contributed by atoms with Gasteiger partial charge in [0.2, 0.25) is 6.40 Å². The number of carboxylic acids is 1. The third-order valence-electron chi connectivity index (χ3n) is 9.31. The van der Waals surface area contributed by atoms with Crippen LogP contribution in [0.3, 0.4) is 0 Å². The van der Waals surface area contributed by atoms with E-state index in [-0.39, 0.29) is 23.8 Å². The first-order valence-electron chi connectivity index (χ1n) is 18.6. The van der Waals surface area contributed by atoms with E-state index in [1.165, 1.54) is 25.7 Å². The highest BCUT2D eigenvalue weighted by molar-refractivity contribution is 5.81. The van der Waals surface area contributed by atoms with Gasteiger partial charge in [-0.15, -0.1) is 0 Å². The molecular formula is C42H54N2O8. The zero-order valence-corrected chi connectivity index (χ0v) is 29.7. The summed E-state index contributed by atoms with van der Waals surface area (Å²) in [5.41, 5.74) is 2.04. The van der Waals surface area contributed by atoms with Crippen LogP contribution in [0.25, 0.3) is 0 Å². The number of carbonyl (C=O) groups is 3. The molecule has 0 spiro atoms. The lowest BCUT2D eigenvalue weighted by Crippen LogP contribution is -2.33. The number of carboxylic acid groups (broad SMARTS) is 1. The van der Waals surface area contributed by atoms with E-state index in [2.05, 4.69) is 71.6 Å². The fraction of sp³-hybridized carbons (Fsp3) is 0.381. The number of allylic oxidation sites excluding steroid dienone is 8. The van der Waals surface area contributed by atoms with E-state index in [0.717, 1.165) is 42.9 Å². The monoisotopic (exact) mass is 716 g/mol. The van der Waals surface area contributed by atoms with E-state index < -0.39 is 5.97 Å². The molecule has 2 aromatic rings. The summed E-state index contributed by atoms with van der Waals surface area (Å²) in [7, 11) is 0. The van der Waals surface area contributed by atoms with Crippen molar-refractivity contribution in [3.8, 4) is 0 Å². The predicted molar refractivity (Wildman–Crippen MR) is 202 cm³/mol. The first-order chi connectivity index (χ1) is 26.3. The van der Waals surface area contributed by atoms with Crippen LogP contribution in [0.5, 0.6) is 0 Å². The molecule has 0 radical (unpaired) electrons. The van der Waals surface area contributed by atoms with Crippen LogP contribution in [0.15, 0.2) is 122 Å². The Labute approximate surface area is 310 Å². The van der Waals surface area contributed by atoms with Gasteiger partial charge in [-0.25, -0.2) is 10.1 Å². The maximum Gasteiger partial charge on any atom is 0.330 e. The summed E-state index contributed by atoms with van der Waals surface area (Å²) in [6, 6.07) is 19.4. The fourth-order valence-corrected chi connectivity index (χ4v) is 6.58. The van der Waals surface area contributed by atoms with Crippen molar-refractivity contribution >= 4 is 24.3 Å². The van der Waals surface area contributed by atoms with E-state index in [1.54, 1.807) is 0 Å². The third kappa shape index (κ3) is 15.9. The molecule has 2 saturated carbocycles. The molecule has 0 heterocycles. The SMILES string of the molecule is C1=CCCC=C1.C=CC(=O)OCc1ccccc1.O=C(O)C1CC2C=CC1CC2.O=C(OCc1ccccc1)C1CC2C=CC1CC2.[2H]N.[2H]N=COO. The second-order valence-electron chi connectivity index (χ2n) is 12.8. The molecule has 6 unspecified atom stereocenters.